The van der Waals surface area contributed by atoms with E-state index in [9.17, 15) is 4.21 Å². The Labute approximate surface area is 38.0 Å². The highest BCUT2D eigenvalue weighted by Crippen LogP contribution is 1.59. The Morgan fingerprint density at radius 1 is 2.00 bits per heavy atom. The molecule has 0 heterocycles. The minimum Gasteiger partial charge on any atom is -0.305 e. The predicted molar refractivity (Wildman–Crippen MR) is 21.9 cm³/mol. The maximum atomic E-state index is 9.53. The van der Waals surface area contributed by atoms with Crippen molar-refractivity contribution in [3.63, 3.8) is 0 Å². The van der Waals surface area contributed by atoms with E-state index >= 15 is 0 Å². The number of rotatable bonds is 2. The van der Waals surface area contributed by atoms with Crippen LogP contribution in [-0.2, 0) is 11.1 Å². The molecular formula is CH5N2O2S. The molecule has 0 amide bonds. The van der Waals surface area contributed by atoms with Gasteiger partial charge in [0.05, 0.1) is 0 Å². The fraction of sp³-hybridized carbons (Fsp3) is 1.00. The lowest BCUT2D eigenvalue weighted by molar-refractivity contribution is 0.556. The molecular weight excluding hydrogens is 104 g/mol. The number of hydrogen-bond donors (Lipinski definition) is 2. The van der Waals surface area contributed by atoms with Crippen molar-refractivity contribution in [1.82, 2.24) is 11.3 Å². The maximum Gasteiger partial charge on any atom is 0.168 e. The predicted octanol–water partition coefficient (Wildman–Crippen LogP) is -1.05. The molecule has 5 heteroatoms. The maximum absolute atomic E-state index is 9.53. The van der Waals surface area contributed by atoms with Gasteiger partial charge in [-0.15, -0.1) is 0 Å². The minimum atomic E-state index is -1.86. The second kappa shape index (κ2) is 3.23. The van der Waals surface area contributed by atoms with E-state index in [1.54, 1.807) is 5.43 Å². The summed E-state index contributed by atoms with van der Waals surface area (Å²) in [5.41, 5.74) is 1.77. The van der Waals surface area contributed by atoms with Gasteiger partial charge in [-0.25, -0.2) is 9.63 Å². The molecule has 6 heavy (non-hydrogen) atoms. The highest BCUT2D eigenvalue weighted by Gasteiger charge is 1.82. The van der Waals surface area contributed by atoms with Gasteiger partial charge < -0.3 is 4.55 Å². The van der Waals surface area contributed by atoms with Crippen LogP contribution in [0.25, 0.3) is 0 Å². The lowest BCUT2D eigenvalue weighted by Gasteiger charge is -1.84. The van der Waals surface area contributed by atoms with E-state index in [1.165, 1.54) is 0 Å². The number of nitrogens with one attached hydrogen (secondary N) is 2. The van der Waals surface area contributed by atoms with E-state index in [4.69, 9.17) is 10.4 Å². The van der Waals surface area contributed by atoms with Crippen LogP contribution in [0.3, 0.4) is 0 Å². The second-order valence-corrected chi connectivity index (χ2v) is 1.57. The van der Waals surface area contributed by atoms with E-state index in [2.05, 4.69) is 0 Å². The molecule has 0 rings (SSSR count). The molecule has 0 aliphatic heterocycles. The summed E-state index contributed by atoms with van der Waals surface area (Å²) in [4.78, 5) is 0. The fourth-order valence-corrected chi connectivity index (χ4v) is 0.185. The minimum absolute atomic E-state index is 0.181. The van der Waals surface area contributed by atoms with Crippen LogP contribution in [0.4, 0.5) is 0 Å². The van der Waals surface area contributed by atoms with Crippen molar-refractivity contribution in [2.75, 3.05) is 5.88 Å². The molecule has 0 saturated heterocycles. The smallest absolute Gasteiger partial charge is 0.168 e. The van der Waals surface area contributed by atoms with Gasteiger partial charge in [0.2, 0.25) is 0 Å². The monoisotopic (exact) mass is 109 g/mol. The van der Waals surface area contributed by atoms with Gasteiger partial charge in [-0.2, -0.15) is 5.84 Å². The molecule has 4 nitrogen and oxygen atoms in total. The van der Waals surface area contributed by atoms with Crippen LogP contribution in [0.15, 0.2) is 0 Å². The van der Waals surface area contributed by atoms with Crippen LogP contribution in [0.2, 0.25) is 0 Å². The van der Waals surface area contributed by atoms with Crippen molar-refractivity contribution in [2.24, 2.45) is 0 Å². The van der Waals surface area contributed by atoms with Gasteiger partial charge in [0, 0.05) is 0 Å². The summed E-state index contributed by atoms with van der Waals surface area (Å²) in [5.74, 6) is 5.95. The van der Waals surface area contributed by atoms with Gasteiger partial charge in [0.1, 0.15) is 5.88 Å². The molecule has 0 saturated carbocycles. The van der Waals surface area contributed by atoms with Gasteiger partial charge in [0.15, 0.2) is 11.1 Å². The molecule has 0 fully saturated rings. The summed E-state index contributed by atoms with van der Waals surface area (Å²) in [6, 6.07) is 0. The standard InChI is InChI=1S/CH5N2O2S/c2-3-1-6(4)5/h2-3H,1H2,(H,4,5). The van der Waals surface area contributed by atoms with Crippen molar-refractivity contribution in [3.05, 3.63) is 0 Å². The van der Waals surface area contributed by atoms with Crippen molar-refractivity contribution in [1.29, 1.82) is 0 Å². The van der Waals surface area contributed by atoms with E-state index in [0.717, 1.165) is 0 Å². The summed E-state index contributed by atoms with van der Waals surface area (Å²) in [6.45, 7) is 0. The van der Waals surface area contributed by atoms with Gasteiger partial charge in [-0.05, 0) is 0 Å². The molecule has 1 unspecified atom stereocenters. The first-order chi connectivity index (χ1) is 2.77. The SMILES string of the molecule is [NH]NCS(=O)O. The second-order valence-electron chi connectivity index (χ2n) is 0.643. The van der Waals surface area contributed by atoms with Crippen LogP contribution in [0.1, 0.15) is 0 Å². The highest BCUT2D eigenvalue weighted by atomic mass is 32.2. The third-order valence-electron chi connectivity index (χ3n) is 0.196. The van der Waals surface area contributed by atoms with Crippen molar-refractivity contribution >= 4 is 11.1 Å². The van der Waals surface area contributed by atoms with Crippen LogP contribution < -0.4 is 11.3 Å². The van der Waals surface area contributed by atoms with Gasteiger partial charge >= 0.3 is 0 Å². The molecule has 0 aliphatic rings. The molecule has 0 aromatic rings. The van der Waals surface area contributed by atoms with E-state index in [1.807, 2.05) is 0 Å². The lowest BCUT2D eigenvalue weighted by Crippen LogP contribution is -2.15. The van der Waals surface area contributed by atoms with Crippen LogP contribution in [0.5, 0.6) is 0 Å². The molecule has 0 aromatic heterocycles. The zero-order chi connectivity index (χ0) is 4.99. The zero-order valence-electron chi connectivity index (χ0n) is 2.97. The van der Waals surface area contributed by atoms with Crippen molar-refractivity contribution < 1.29 is 8.76 Å². The molecule has 37 valence electrons. The summed E-state index contributed by atoms with van der Waals surface area (Å²) in [6.07, 6.45) is 0. The largest absolute Gasteiger partial charge is 0.305 e. The number of hydrogen-bond acceptors (Lipinski definition) is 2. The summed E-state index contributed by atoms with van der Waals surface area (Å²) < 4.78 is 17.4. The normalized spacial score (nSPS) is 14.3. The first kappa shape index (κ1) is 6.03. The van der Waals surface area contributed by atoms with Gasteiger partial charge in [0.25, 0.3) is 0 Å². The third-order valence-corrected chi connectivity index (χ3v) is 0.587. The van der Waals surface area contributed by atoms with E-state index in [0.29, 0.717) is 0 Å². The van der Waals surface area contributed by atoms with Gasteiger partial charge in [-0.3, -0.25) is 0 Å². The Kier molecular flexibility index (Phi) is 3.24. The molecule has 1 atom stereocenters. The van der Waals surface area contributed by atoms with Crippen molar-refractivity contribution in [3.8, 4) is 0 Å². The Balaban J connectivity index is 2.83. The topological polar surface area (TPSA) is 73.1 Å². The molecule has 3 N–H and O–H groups in total. The Bertz CT molecular complexity index is 55.5. The molecule has 0 spiro atoms. The molecule has 0 bridgehead atoms. The average Bonchev–Trinajstić information content (AvgIpc) is 1.35. The van der Waals surface area contributed by atoms with E-state index in [-0.39, 0.29) is 5.88 Å². The third kappa shape index (κ3) is 4.03. The average molecular weight is 109 g/mol. The Hall–Kier alpha value is 0.0300. The lowest BCUT2D eigenvalue weighted by atomic mass is 11.5. The highest BCUT2D eigenvalue weighted by molar-refractivity contribution is 7.79. The molecule has 1 radical (unpaired) electrons. The summed E-state index contributed by atoms with van der Waals surface area (Å²) >= 11 is -1.86. The first-order valence-electron chi connectivity index (χ1n) is 1.24. The van der Waals surface area contributed by atoms with Gasteiger partial charge in [-0.1, -0.05) is 0 Å². The van der Waals surface area contributed by atoms with Crippen LogP contribution in [-0.4, -0.2) is 14.6 Å². The Morgan fingerprint density at radius 3 is 2.50 bits per heavy atom. The molecule has 0 aromatic carbocycles. The van der Waals surface area contributed by atoms with Crippen LogP contribution >= 0.6 is 0 Å². The summed E-state index contributed by atoms with van der Waals surface area (Å²) in [7, 11) is 0. The zero-order valence-corrected chi connectivity index (χ0v) is 3.79. The van der Waals surface area contributed by atoms with Crippen molar-refractivity contribution in [2.45, 2.75) is 0 Å². The first-order valence-corrected chi connectivity index (χ1v) is 2.52. The quantitative estimate of drug-likeness (QED) is 0.351. The van der Waals surface area contributed by atoms with Crippen LogP contribution in [0, 0.1) is 0 Å². The Morgan fingerprint density at radius 2 is 2.50 bits per heavy atom. The molecule has 0 aliphatic carbocycles. The fourth-order valence-electron chi connectivity index (χ4n) is 0.0617. The van der Waals surface area contributed by atoms with E-state index < -0.39 is 11.1 Å². The summed E-state index contributed by atoms with van der Waals surface area (Å²) in [5, 5.41) is 0.